The minimum absolute atomic E-state index is 0.446. The van der Waals surface area contributed by atoms with Crippen LogP contribution in [-0.4, -0.2) is 6.04 Å². The zero-order valence-corrected chi connectivity index (χ0v) is 11.4. The smallest absolute Gasteiger partial charge is 0.0294 e. The van der Waals surface area contributed by atoms with Crippen LogP contribution in [0, 0.1) is 5.41 Å². The van der Waals surface area contributed by atoms with Crippen molar-refractivity contribution in [2.75, 3.05) is 0 Å². The largest absolute Gasteiger partial charge is 0.307 e. The van der Waals surface area contributed by atoms with Gasteiger partial charge < -0.3 is 5.32 Å². The Morgan fingerprint density at radius 2 is 1.88 bits per heavy atom. The molecule has 1 aromatic carbocycles. The van der Waals surface area contributed by atoms with Crippen molar-refractivity contribution in [3.63, 3.8) is 0 Å². The maximum Gasteiger partial charge on any atom is 0.0294 e. The molecule has 1 aliphatic rings. The highest BCUT2D eigenvalue weighted by molar-refractivity contribution is 5.18. The highest BCUT2D eigenvalue weighted by Gasteiger charge is 2.32. The highest BCUT2D eigenvalue weighted by Crippen LogP contribution is 2.36. The SMILES string of the molecule is CC(NC1CCCCC1(C)C)c1ccccc1. The summed E-state index contributed by atoms with van der Waals surface area (Å²) in [6.45, 7) is 7.09. The number of rotatable bonds is 3. The molecule has 1 N–H and O–H groups in total. The standard InChI is InChI=1S/C16H25N/c1-13(14-9-5-4-6-10-14)17-15-11-7-8-12-16(15,2)3/h4-6,9-10,13,15,17H,7-8,11-12H2,1-3H3. The van der Waals surface area contributed by atoms with Crippen molar-refractivity contribution in [3.05, 3.63) is 35.9 Å². The van der Waals surface area contributed by atoms with E-state index in [2.05, 4.69) is 56.4 Å². The summed E-state index contributed by atoms with van der Waals surface area (Å²) in [6.07, 6.45) is 5.45. The van der Waals surface area contributed by atoms with Gasteiger partial charge in [0.25, 0.3) is 0 Å². The van der Waals surface area contributed by atoms with E-state index in [-0.39, 0.29) is 0 Å². The van der Waals surface area contributed by atoms with Crippen molar-refractivity contribution in [2.24, 2.45) is 5.41 Å². The quantitative estimate of drug-likeness (QED) is 0.817. The molecule has 2 atom stereocenters. The van der Waals surface area contributed by atoms with Crippen LogP contribution in [0.4, 0.5) is 0 Å². The lowest BCUT2D eigenvalue weighted by atomic mass is 9.73. The molecule has 1 saturated carbocycles. The molecule has 1 heteroatoms. The molecule has 94 valence electrons. The molecule has 17 heavy (non-hydrogen) atoms. The maximum absolute atomic E-state index is 3.83. The van der Waals surface area contributed by atoms with Crippen molar-refractivity contribution in [1.82, 2.24) is 5.32 Å². The van der Waals surface area contributed by atoms with E-state index >= 15 is 0 Å². The predicted octanol–water partition coefficient (Wildman–Crippen LogP) is 4.31. The summed E-state index contributed by atoms with van der Waals surface area (Å²) in [4.78, 5) is 0. The summed E-state index contributed by atoms with van der Waals surface area (Å²) in [5.74, 6) is 0. The van der Waals surface area contributed by atoms with Crippen LogP contribution in [0.2, 0.25) is 0 Å². The summed E-state index contributed by atoms with van der Waals surface area (Å²) < 4.78 is 0. The molecule has 1 aliphatic carbocycles. The lowest BCUT2D eigenvalue weighted by Crippen LogP contribution is -2.45. The average molecular weight is 231 g/mol. The second-order valence-corrected chi connectivity index (χ2v) is 6.09. The summed E-state index contributed by atoms with van der Waals surface area (Å²) in [5, 5.41) is 3.83. The molecule has 1 fully saturated rings. The molecule has 1 nitrogen and oxygen atoms in total. The van der Waals surface area contributed by atoms with Crippen LogP contribution >= 0.6 is 0 Å². The first-order valence-electron chi connectivity index (χ1n) is 6.90. The van der Waals surface area contributed by atoms with Gasteiger partial charge in [-0.25, -0.2) is 0 Å². The zero-order chi connectivity index (χ0) is 12.3. The summed E-state index contributed by atoms with van der Waals surface area (Å²) >= 11 is 0. The van der Waals surface area contributed by atoms with Crippen LogP contribution in [0.1, 0.15) is 58.1 Å². The molecule has 0 radical (unpaired) electrons. The monoisotopic (exact) mass is 231 g/mol. The lowest BCUT2D eigenvalue weighted by molar-refractivity contribution is 0.157. The van der Waals surface area contributed by atoms with Gasteiger partial charge in [0.15, 0.2) is 0 Å². The minimum Gasteiger partial charge on any atom is -0.307 e. The average Bonchev–Trinajstić information content (AvgIpc) is 2.33. The van der Waals surface area contributed by atoms with Crippen molar-refractivity contribution in [1.29, 1.82) is 0 Å². The van der Waals surface area contributed by atoms with Gasteiger partial charge in [-0.2, -0.15) is 0 Å². The Morgan fingerprint density at radius 3 is 2.53 bits per heavy atom. The molecule has 0 heterocycles. The second-order valence-electron chi connectivity index (χ2n) is 6.09. The van der Waals surface area contributed by atoms with Gasteiger partial charge in [0, 0.05) is 12.1 Å². The molecule has 2 unspecified atom stereocenters. The van der Waals surface area contributed by atoms with Crippen molar-refractivity contribution in [3.8, 4) is 0 Å². The number of hydrogen-bond donors (Lipinski definition) is 1. The fraction of sp³-hybridized carbons (Fsp3) is 0.625. The van der Waals surface area contributed by atoms with Crippen LogP contribution < -0.4 is 5.32 Å². The van der Waals surface area contributed by atoms with E-state index in [4.69, 9.17) is 0 Å². The topological polar surface area (TPSA) is 12.0 Å². The highest BCUT2D eigenvalue weighted by atomic mass is 15.0. The lowest BCUT2D eigenvalue weighted by Gasteiger charge is -2.40. The van der Waals surface area contributed by atoms with E-state index in [0.29, 0.717) is 17.5 Å². The van der Waals surface area contributed by atoms with Gasteiger partial charge in [-0.3, -0.25) is 0 Å². The van der Waals surface area contributed by atoms with E-state index in [1.165, 1.54) is 31.2 Å². The molecule has 2 rings (SSSR count). The van der Waals surface area contributed by atoms with Crippen molar-refractivity contribution in [2.45, 2.75) is 58.5 Å². The Labute approximate surface area is 106 Å². The molecule has 0 bridgehead atoms. The van der Waals surface area contributed by atoms with Gasteiger partial charge in [0.05, 0.1) is 0 Å². The minimum atomic E-state index is 0.446. The Morgan fingerprint density at radius 1 is 1.18 bits per heavy atom. The fourth-order valence-corrected chi connectivity index (χ4v) is 2.94. The van der Waals surface area contributed by atoms with Gasteiger partial charge in [-0.1, -0.05) is 57.0 Å². The van der Waals surface area contributed by atoms with Crippen LogP contribution in [0.5, 0.6) is 0 Å². The first kappa shape index (κ1) is 12.6. The molecule has 0 spiro atoms. The molecule has 0 aromatic heterocycles. The molecule has 1 aromatic rings. The van der Waals surface area contributed by atoms with E-state index < -0.39 is 0 Å². The normalized spacial score (nSPS) is 25.5. The second kappa shape index (κ2) is 5.22. The third-order valence-corrected chi connectivity index (χ3v) is 4.26. The third kappa shape index (κ3) is 3.10. The summed E-state index contributed by atoms with van der Waals surface area (Å²) in [6, 6.07) is 11.9. The number of benzene rings is 1. The number of nitrogens with one attached hydrogen (secondary N) is 1. The summed E-state index contributed by atoms with van der Waals surface area (Å²) in [5.41, 5.74) is 1.84. The van der Waals surface area contributed by atoms with Crippen LogP contribution in [0.3, 0.4) is 0 Å². The Bertz CT molecular complexity index is 342. The molecular weight excluding hydrogens is 206 g/mol. The van der Waals surface area contributed by atoms with Crippen LogP contribution in [0.25, 0.3) is 0 Å². The molecule has 0 aliphatic heterocycles. The van der Waals surface area contributed by atoms with Gasteiger partial charge in [0.1, 0.15) is 0 Å². The van der Waals surface area contributed by atoms with E-state index in [1.54, 1.807) is 0 Å². The Balaban J connectivity index is 2.00. The number of hydrogen-bond acceptors (Lipinski definition) is 1. The Kier molecular flexibility index (Phi) is 3.88. The molecule has 0 amide bonds. The van der Waals surface area contributed by atoms with Gasteiger partial charge in [0.2, 0.25) is 0 Å². The van der Waals surface area contributed by atoms with Gasteiger partial charge >= 0.3 is 0 Å². The van der Waals surface area contributed by atoms with Crippen molar-refractivity contribution >= 4 is 0 Å². The Hall–Kier alpha value is -0.820. The van der Waals surface area contributed by atoms with Crippen LogP contribution in [-0.2, 0) is 0 Å². The summed E-state index contributed by atoms with van der Waals surface area (Å²) in [7, 11) is 0. The van der Waals surface area contributed by atoms with Crippen LogP contribution in [0.15, 0.2) is 30.3 Å². The van der Waals surface area contributed by atoms with Crippen molar-refractivity contribution < 1.29 is 0 Å². The van der Waals surface area contributed by atoms with Gasteiger partial charge in [-0.05, 0) is 30.7 Å². The zero-order valence-electron chi connectivity index (χ0n) is 11.4. The fourth-order valence-electron chi connectivity index (χ4n) is 2.94. The maximum atomic E-state index is 3.83. The first-order valence-corrected chi connectivity index (χ1v) is 6.90. The molecule has 0 saturated heterocycles. The van der Waals surface area contributed by atoms with E-state index in [0.717, 1.165) is 0 Å². The van der Waals surface area contributed by atoms with E-state index in [1.807, 2.05) is 0 Å². The van der Waals surface area contributed by atoms with Gasteiger partial charge in [-0.15, -0.1) is 0 Å². The van der Waals surface area contributed by atoms with E-state index in [9.17, 15) is 0 Å². The first-order chi connectivity index (χ1) is 8.09. The molecular formula is C16H25N. The third-order valence-electron chi connectivity index (χ3n) is 4.26. The predicted molar refractivity (Wildman–Crippen MR) is 74.0 cm³/mol.